The molecular weight excluding hydrogens is 568 g/mol. The highest BCUT2D eigenvalue weighted by atomic mass is 16.7. The lowest BCUT2D eigenvalue weighted by Crippen LogP contribution is -2.35. The third-order valence-corrected chi connectivity index (χ3v) is 9.87. The Hall–Kier alpha value is -3.69. The van der Waals surface area contributed by atoms with E-state index in [1.54, 1.807) is 0 Å². The number of Topliss-reactive ketones (excluding diaryl/α,β-unsaturated/α-hetero) is 1. The molecule has 9 heteroatoms. The summed E-state index contributed by atoms with van der Waals surface area (Å²) in [5, 5.41) is 0. The van der Waals surface area contributed by atoms with E-state index in [9.17, 15) is 14.4 Å². The summed E-state index contributed by atoms with van der Waals surface area (Å²) in [6.07, 6.45) is 12.3. The van der Waals surface area contributed by atoms with Crippen LogP contribution in [0.2, 0.25) is 0 Å². The van der Waals surface area contributed by atoms with Crippen molar-refractivity contribution in [1.29, 1.82) is 0 Å². The van der Waals surface area contributed by atoms with Crippen molar-refractivity contribution in [3.8, 4) is 0 Å². The van der Waals surface area contributed by atoms with Gasteiger partial charge in [0.25, 0.3) is 11.1 Å². The Bertz CT molecular complexity index is 1770. The average molecular weight is 613 g/mol. The van der Waals surface area contributed by atoms with E-state index in [0.717, 1.165) is 104 Å². The Morgan fingerprint density at radius 3 is 1.67 bits per heavy atom. The van der Waals surface area contributed by atoms with Crippen molar-refractivity contribution in [2.75, 3.05) is 13.2 Å². The number of hydrogen-bond acceptors (Lipinski definition) is 7. The Balaban J connectivity index is 0.000000160. The molecule has 7 rings (SSSR count). The molecule has 2 aromatic carbocycles. The van der Waals surface area contributed by atoms with Crippen LogP contribution in [0.1, 0.15) is 75.3 Å². The predicted octanol–water partition coefficient (Wildman–Crippen LogP) is 5.88. The summed E-state index contributed by atoms with van der Waals surface area (Å²) < 4.78 is 15.3. The highest BCUT2D eigenvalue weighted by molar-refractivity contribution is 5.79. The summed E-state index contributed by atoms with van der Waals surface area (Å²) in [5.74, 6) is 1.27. The zero-order valence-corrected chi connectivity index (χ0v) is 26.5. The number of aromatic nitrogens is 4. The van der Waals surface area contributed by atoms with Crippen LogP contribution in [0, 0.1) is 25.7 Å². The fraction of sp³-hybridized carbons (Fsp3) is 0.528. The van der Waals surface area contributed by atoms with Crippen LogP contribution in [0.4, 0.5) is 0 Å². The second-order valence-corrected chi connectivity index (χ2v) is 13.1. The minimum atomic E-state index is -0.298. The molecule has 1 saturated heterocycles. The van der Waals surface area contributed by atoms with Crippen LogP contribution in [-0.2, 0) is 27.4 Å². The second-order valence-electron chi connectivity index (χ2n) is 13.1. The molecule has 238 valence electrons. The molecule has 0 bridgehead atoms. The molecule has 0 atom stereocenters. The van der Waals surface area contributed by atoms with Gasteiger partial charge < -0.3 is 18.6 Å². The van der Waals surface area contributed by atoms with E-state index in [1.807, 2.05) is 53.3 Å². The number of carbonyl (C=O) groups excluding carboxylic acids is 1. The third-order valence-electron chi connectivity index (χ3n) is 9.87. The normalized spacial score (nSPS) is 18.8. The summed E-state index contributed by atoms with van der Waals surface area (Å²) in [4.78, 5) is 44.2. The smallest absolute Gasteiger partial charge is 0.269 e. The molecule has 45 heavy (non-hydrogen) atoms. The zero-order valence-electron chi connectivity index (χ0n) is 26.5. The maximum Gasteiger partial charge on any atom is 0.269 e. The Labute approximate surface area is 263 Å². The Kier molecular flexibility index (Phi) is 9.56. The molecule has 0 radical (unpaired) electrons. The van der Waals surface area contributed by atoms with E-state index < -0.39 is 0 Å². The Morgan fingerprint density at radius 1 is 0.711 bits per heavy atom. The van der Waals surface area contributed by atoms with Crippen LogP contribution in [0.3, 0.4) is 0 Å². The lowest BCUT2D eigenvalue weighted by molar-refractivity contribution is -0.182. The molecule has 3 aliphatic rings. The van der Waals surface area contributed by atoms with Crippen LogP contribution in [-0.4, -0.2) is 43.9 Å². The van der Waals surface area contributed by atoms with E-state index in [1.165, 1.54) is 12.4 Å². The van der Waals surface area contributed by atoms with Crippen LogP contribution < -0.4 is 11.1 Å². The first-order valence-corrected chi connectivity index (χ1v) is 16.5. The summed E-state index contributed by atoms with van der Waals surface area (Å²) in [6.45, 7) is 6.98. The number of rotatable bonds is 6. The molecule has 2 saturated carbocycles. The van der Waals surface area contributed by atoms with Gasteiger partial charge in [-0.15, -0.1) is 0 Å². The molecule has 0 N–H and O–H groups in total. The molecule has 2 aliphatic carbocycles. The summed E-state index contributed by atoms with van der Waals surface area (Å²) in [5.41, 5.74) is 5.83. The second kappa shape index (κ2) is 13.7. The van der Waals surface area contributed by atoms with Crippen LogP contribution in [0.25, 0.3) is 22.1 Å². The van der Waals surface area contributed by atoms with Gasteiger partial charge >= 0.3 is 0 Å². The Morgan fingerprint density at radius 2 is 1.18 bits per heavy atom. The lowest BCUT2D eigenvalue weighted by atomic mass is 9.83. The van der Waals surface area contributed by atoms with E-state index in [0.29, 0.717) is 37.0 Å². The first-order valence-electron chi connectivity index (χ1n) is 16.5. The zero-order chi connectivity index (χ0) is 31.4. The van der Waals surface area contributed by atoms with Crippen molar-refractivity contribution in [3.05, 3.63) is 80.6 Å². The number of fused-ring (bicyclic) bond motifs is 2. The number of ketones is 1. The van der Waals surface area contributed by atoms with Crippen LogP contribution >= 0.6 is 0 Å². The SMILES string of the molecule is Cc1ccc2ncc(=O)n(CCC3CCC(=O)CC3)c2c1.Cc1ccc2ncc(=O)n(CCC3CCC4(CC3)OCCO4)c2c1. The number of ether oxygens (including phenoxy) is 2. The van der Waals surface area contributed by atoms with Crippen molar-refractivity contribution in [1.82, 2.24) is 19.1 Å². The van der Waals surface area contributed by atoms with Gasteiger partial charge in [-0.3, -0.25) is 14.4 Å². The van der Waals surface area contributed by atoms with Crippen molar-refractivity contribution in [2.24, 2.45) is 11.8 Å². The molecule has 3 heterocycles. The van der Waals surface area contributed by atoms with Gasteiger partial charge in [0.2, 0.25) is 0 Å². The van der Waals surface area contributed by atoms with Gasteiger partial charge in [0.05, 0.1) is 47.7 Å². The number of nitrogens with zero attached hydrogens (tertiary/aromatic N) is 4. The van der Waals surface area contributed by atoms with E-state index in [2.05, 4.69) is 16.0 Å². The topological polar surface area (TPSA) is 105 Å². The molecule has 0 amide bonds. The molecule has 1 aliphatic heterocycles. The summed E-state index contributed by atoms with van der Waals surface area (Å²) in [6, 6.07) is 12.1. The van der Waals surface area contributed by atoms with Crippen molar-refractivity contribution < 1.29 is 14.3 Å². The van der Waals surface area contributed by atoms with Gasteiger partial charge in [-0.1, -0.05) is 12.1 Å². The maximum atomic E-state index is 12.3. The number of hydrogen-bond donors (Lipinski definition) is 0. The molecule has 3 fully saturated rings. The number of benzene rings is 2. The number of carbonyl (C=O) groups is 1. The van der Waals surface area contributed by atoms with E-state index >= 15 is 0 Å². The largest absolute Gasteiger partial charge is 0.348 e. The van der Waals surface area contributed by atoms with Crippen molar-refractivity contribution in [3.63, 3.8) is 0 Å². The van der Waals surface area contributed by atoms with Gasteiger partial charge in [-0.2, -0.15) is 0 Å². The highest BCUT2D eigenvalue weighted by Gasteiger charge is 2.40. The number of aryl methyl sites for hydroxylation is 4. The third kappa shape index (κ3) is 7.42. The van der Waals surface area contributed by atoms with Crippen molar-refractivity contribution >= 4 is 27.9 Å². The fourth-order valence-corrected chi connectivity index (χ4v) is 7.11. The van der Waals surface area contributed by atoms with E-state index in [4.69, 9.17) is 9.47 Å². The molecule has 1 spiro atoms. The minimum Gasteiger partial charge on any atom is -0.348 e. The highest BCUT2D eigenvalue weighted by Crippen LogP contribution is 2.39. The maximum absolute atomic E-state index is 12.3. The average Bonchev–Trinajstić information content (AvgIpc) is 3.50. The molecule has 2 aromatic heterocycles. The lowest BCUT2D eigenvalue weighted by Gasteiger charge is -2.35. The van der Waals surface area contributed by atoms with Gasteiger partial charge in [-0.05, 0) is 99.6 Å². The first-order chi connectivity index (χ1) is 21.8. The first kappa shape index (κ1) is 31.3. The monoisotopic (exact) mass is 612 g/mol. The molecular formula is C36H44N4O5. The van der Waals surface area contributed by atoms with Gasteiger partial charge in [0.15, 0.2) is 5.79 Å². The quantitative estimate of drug-likeness (QED) is 0.268. The van der Waals surface area contributed by atoms with Crippen LogP contribution in [0.5, 0.6) is 0 Å². The summed E-state index contributed by atoms with van der Waals surface area (Å²) in [7, 11) is 0. The van der Waals surface area contributed by atoms with E-state index in [-0.39, 0.29) is 16.9 Å². The minimum absolute atomic E-state index is 0.0113. The predicted molar refractivity (Wildman–Crippen MR) is 174 cm³/mol. The molecule has 9 nitrogen and oxygen atoms in total. The van der Waals surface area contributed by atoms with Crippen molar-refractivity contribution in [2.45, 2.75) is 96.9 Å². The molecule has 4 aromatic rings. The van der Waals surface area contributed by atoms with Gasteiger partial charge in [0.1, 0.15) is 5.78 Å². The van der Waals surface area contributed by atoms with Crippen LogP contribution in [0.15, 0.2) is 58.4 Å². The van der Waals surface area contributed by atoms with Gasteiger partial charge in [0, 0.05) is 38.8 Å². The standard InChI is InChI=1S/C19H24N2O3.C17H20N2O2/c1-14-2-3-16-17(12-14)21(18(22)13-20-16)9-6-15-4-7-19(8-5-15)23-10-11-24-19;1-12-2-7-15-16(10-12)19(17(21)11-18-15)9-8-13-3-5-14(20)6-4-13/h2-3,12-13,15H,4-11H2,1H3;2,7,10-11,13H,3-6,8-9H2,1H3. The van der Waals surface area contributed by atoms with Gasteiger partial charge in [-0.25, -0.2) is 9.97 Å². The fourth-order valence-electron chi connectivity index (χ4n) is 7.11. The summed E-state index contributed by atoms with van der Waals surface area (Å²) >= 11 is 0. The molecule has 0 unspecified atom stereocenters.